The van der Waals surface area contributed by atoms with Gasteiger partial charge in [-0.1, -0.05) is 24.3 Å². The van der Waals surface area contributed by atoms with E-state index in [2.05, 4.69) is 0 Å². The Labute approximate surface area is 122 Å². The quantitative estimate of drug-likeness (QED) is 0.859. The highest BCUT2D eigenvalue weighted by molar-refractivity contribution is 5.92. The van der Waals surface area contributed by atoms with Gasteiger partial charge in [0.15, 0.2) is 0 Å². The topological polar surface area (TPSA) is 81.9 Å². The lowest BCUT2D eigenvalue weighted by Gasteiger charge is -2.39. The third-order valence-corrected chi connectivity index (χ3v) is 3.63. The van der Waals surface area contributed by atoms with Gasteiger partial charge < -0.3 is 10.5 Å². The average Bonchev–Trinajstić information content (AvgIpc) is 2.54. The first-order valence-electron chi connectivity index (χ1n) is 6.83. The molecule has 6 nitrogen and oxygen atoms in total. The zero-order valence-electron chi connectivity index (χ0n) is 11.4. The molecule has 0 radical (unpaired) electrons. The van der Waals surface area contributed by atoms with Crippen molar-refractivity contribution in [3.8, 4) is 0 Å². The van der Waals surface area contributed by atoms with Gasteiger partial charge in [-0.2, -0.15) is 5.06 Å². The van der Waals surface area contributed by atoms with E-state index in [0.717, 1.165) is 18.4 Å². The lowest BCUT2D eigenvalue weighted by molar-refractivity contribution is -0.209. The van der Waals surface area contributed by atoms with E-state index in [1.54, 1.807) is 24.3 Å². The molecule has 2 heterocycles. The number of ether oxygens (including phenoxy) is 1. The molecule has 4 rings (SSSR count). The minimum absolute atomic E-state index is 0.0302. The molecule has 2 bridgehead atoms. The average molecular weight is 288 g/mol. The Bertz CT molecular complexity index is 582. The van der Waals surface area contributed by atoms with Crippen LogP contribution >= 0.6 is 0 Å². The van der Waals surface area contributed by atoms with Gasteiger partial charge in [-0.3, -0.25) is 9.63 Å². The van der Waals surface area contributed by atoms with Crippen LogP contribution in [0, 0.1) is 0 Å². The molecule has 2 amide bonds. The molecule has 3 aliphatic rings. The second-order valence-corrected chi connectivity index (χ2v) is 5.12. The largest absolute Gasteiger partial charge is 0.443 e. The number of hydrogen-bond acceptors (Lipinski definition) is 4. The second-order valence-electron chi connectivity index (χ2n) is 5.12. The molecule has 110 valence electrons. The molecule has 1 saturated heterocycles. The van der Waals surface area contributed by atoms with Crippen LogP contribution in [0.2, 0.25) is 0 Å². The first-order valence-corrected chi connectivity index (χ1v) is 6.83. The van der Waals surface area contributed by atoms with Crippen LogP contribution in [0.15, 0.2) is 36.4 Å². The highest BCUT2D eigenvalue weighted by Crippen LogP contribution is 2.28. The number of benzene rings is 1. The summed E-state index contributed by atoms with van der Waals surface area (Å²) < 4.78 is 5.23. The Hall–Kier alpha value is -2.34. The van der Waals surface area contributed by atoms with Crippen LogP contribution in [0.4, 0.5) is 4.79 Å². The van der Waals surface area contributed by atoms with Crippen molar-refractivity contribution in [2.45, 2.75) is 31.6 Å². The minimum atomic E-state index is -0.493. The van der Waals surface area contributed by atoms with Gasteiger partial charge in [0.2, 0.25) is 5.91 Å². The highest BCUT2D eigenvalue weighted by Gasteiger charge is 2.35. The lowest BCUT2D eigenvalue weighted by atomic mass is 9.99. The number of hydrogen-bond donors (Lipinski definition) is 1. The Balaban J connectivity index is 1.56. The zero-order chi connectivity index (χ0) is 14.8. The highest BCUT2D eigenvalue weighted by atomic mass is 16.7. The fourth-order valence-corrected chi connectivity index (χ4v) is 2.44. The van der Waals surface area contributed by atoms with Gasteiger partial charge in [-0.05, 0) is 30.5 Å². The van der Waals surface area contributed by atoms with Crippen molar-refractivity contribution in [2.24, 2.45) is 5.73 Å². The van der Waals surface area contributed by atoms with E-state index in [0.29, 0.717) is 5.56 Å². The van der Waals surface area contributed by atoms with Crippen LogP contribution < -0.4 is 5.73 Å². The van der Waals surface area contributed by atoms with E-state index in [1.165, 1.54) is 5.06 Å². The summed E-state index contributed by atoms with van der Waals surface area (Å²) in [5.41, 5.74) is 6.37. The normalized spacial score (nSPS) is 23.1. The molecule has 0 saturated carbocycles. The van der Waals surface area contributed by atoms with E-state index in [9.17, 15) is 9.59 Å². The molecule has 21 heavy (non-hydrogen) atoms. The molecule has 1 aromatic carbocycles. The van der Waals surface area contributed by atoms with Crippen molar-refractivity contribution in [1.82, 2.24) is 5.06 Å². The van der Waals surface area contributed by atoms with Crippen molar-refractivity contribution >= 4 is 12.0 Å². The Kier molecular flexibility index (Phi) is 3.62. The number of fused-ring (bicyclic) bond motifs is 2. The molecule has 1 aliphatic carbocycles. The fourth-order valence-electron chi connectivity index (χ4n) is 2.44. The molecule has 0 spiro atoms. The molecule has 2 aliphatic heterocycles. The molecule has 2 unspecified atom stereocenters. The molecule has 1 fully saturated rings. The molecule has 1 aromatic rings. The number of primary amides is 1. The molecule has 2 N–H and O–H groups in total. The summed E-state index contributed by atoms with van der Waals surface area (Å²) in [5.74, 6) is -0.483. The summed E-state index contributed by atoms with van der Waals surface area (Å²) >= 11 is 0. The summed E-state index contributed by atoms with van der Waals surface area (Å²) in [6.07, 6.45) is 5.25. The van der Waals surface area contributed by atoms with E-state index >= 15 is 0 Å². The van der Waals surface area contributed by atoms with Crippen molar-refractivity contribution in [1.29, 1.82) is 0 Å². The van der Waals surface area contributed by atoms with Crippen LogP contribution in [0.1, 0.15) is 28.8 Å². The number of rotatable bonds is 3. The number of carbonyl (C=O) groups excluding carboxylic acids is 2. The van der Waals surface area contributed by atoms with E-state index in [4.69, 9.17) is 15.3 Å². The van der Waals surface area contributed by atoms with E-state index in [1.807, 2.05) is 12.2 Å². The third-order valence-electron chi connectivity index (χ3n) is 3.63. The maximum atomic E-state index is 12.0. The maximum absolute atomic E-state index is 12.0. The van der Waals surface area contributed by atoms with Gasteiger partial charge >= 0.3 is 6.09 Å². The minimum Gasteiger partial charge on any atom is -0.443 e. The first kappa shape index (κ1) is 13.6. The SMILES string of the molecule is NC(=O)c1ccc(COC(=O)N2OC3C=CC2CC3)cc1. The van der Waals surface area contributed by atoms with Crippen LogP contribution in [-0.4, -0.2) is 29.2 Å². The van der Waals surface area contributed by atoms with Gasteiger partial charge in [0.05, 0.1) is 6.04 Å². The Morgan fingerprint density at radius 1 is 1.24 bits per heavy atom. The van der Waals surface area contributed by atoms with E-state index in [-0.39, 0.29) is 18.8 Å². The zero-order valence-corrected chi connectivity index (χ0v) is 11.4. The van der Waals surface area contributed by atoms with Crippen LogP contribution in [-0.2, 0) is 16.2 Å². The molecule has 0 aromatic heterocycles. The van der Waals surface area contributed by atoms with Gasteiger partial charge in [-0.25, -0.2) is 4.79 Å². The third kappa shape index (κ3) is 2.90. The monoisotopic (exact) mass is 288 g/mol. The molecule has 6 heteroatoms. The summed E-state index contributed by atoms with van der Waals surface area (Å²) in [5, 5.41) is 1.30. The van der Waals surface area contributed by atoms with Crippen LogP contribution in [0.5, 0.6) is 0 Å². The predicted molar refractivity (Wildman–Crippen MR) is 74.0 cm³/mol. The van der Waals surface area contributed by atoms with Gasteiger partial charge in [-0.15, -0.1) is 0 Å². The van der Waals surface area contributed by atoms with Crippen molar-refractivity contribution < 1.29 is 19.2 Å². The number of carbonyl (C=O) groups is 2. The van der Waals surface area contributed by atoms with Gasteiger partial charge in [0, 0.05) is 5.56 Å². The van der Waals surface area contributed by atoms with Crippen molar-refractivity contribution in [3.05, 3.63) is 47.5 Å². The first-order chi connectivity index (χ1) is 10.1. The van der Waals surface area contributed by atoms with Gasteiger partial charge in [0.1, 0.15) is 12.7 Å². The number of amides is 2. The molecular formula is C15H16N2O4. The number of nitrogens with zero attached hydrogens (tertiary/aromatic N) is 1. The van der Waals surface area contributed by atoms with Crippen molar-refractivity contribution in [3.63, 3.8) is 0 Å². The Morgan fingerprint density at radius 2 is 2.00 bits per heavy atom. The number of nitrogens with two attached hydrogens (primary N) is 1. The van der Waals surface area contributed by atoms with Crippen LogP contribution in [0.3, 0.4) is 0 Å². The maximum Gasteiger partial charge on any atom is 0.434 e. The number of hydroxylamine groups is 2. The summed E-state index contributed by atoms with van der Waals surface area (Å²) in [6, 6.07) is 6.58. The summed E-state index contributed by atoms with van der Waals surface area (Å²) in [6.45, 7) is 0.124. The fraction of sp³-hybridized carbons (Fsp3) is 0.333. The Morgan fingerprint density at radius 3 is 2.52 bits per heavy atom. The van der Waals surface area contributed by atoms with E-state index < -0.39 is 12.0 Å². The second kappa shape index (κ2) is 5.57. The molecular weight excluding hydrogens is 272 g/mol. The standard InChI is InChI=1S/C15H16N2O4/c16-14(18)11-3-1-10(2-4-11)9-20-15(19)17-12-5-7-13(21-17)8-6-12/h1-5,7,12-13H,6,8-9H2,(H2,16,18). The smallest absolute Gasteiger partial charge is 0.434 e. The predicted octanol–water partition coefficient (Wildman–Crippen LogP) is 1.76. The van der Waals surface area contributed by atoms with Crippen LogP contribution in [0.25, 0.3) is 0 Å². The summed E-state index contributed by atoms with van der Waals surface area (Å²) in [7, 11) is 0. The van der Waals surface area contributed by atoms with Gasteiger partial charge in [0.25, 0.3) is 0 Å². The molecule has 2 atom stereocenters. The lowest BCUT2D eigenvalue weighted by Crippen LogP contribution is -2.48. The summed E-state index contributed by atoms with van der Waals surface area (Å²) in [4.78, 5) is 28.5. The van der Waals surface area contributed by atoms with Crippen molar-refractivity contribution in [2.75, 3.05) is 0 Å².